The van der Waals surface area contributed by atoms with Crippen molar-refractivity contribution in [2.24, 2.45) is 5.73 Å². The summed E-state index contributed by atoms with van der Waals surface area (Å²) in [5, 5.41) is 2.06. The first-order chi connectivity index (χ1) is 5.27. The van der Waals surface area contributed by atoms with Gasteiger partial charge in [0.05, 0.1) is 6.54 Å². The van der Waals surface area contributed by atoms with Crippen molar-refractivity contribution in [1.29, 1.82) is 0 Å². The average Bonchev–Trinajstić information content (AvgIpc) is 2.68. The van der Waals surface area contributed by atoms with E-state index >= 15 is 0 Å². The summed E-state index contributed by atoms with van der Waals surface area (Å²) in [7, 11) is 0. The highest BCUT2D eigenvalue weighted by atomic mass is 16.1. The maximum atomic E-state index is 10.7. The SMILES string of the molecule is NC(=O)C1=CNN(C2CC2)C1. The smallest absolute Gasteiger partial charge is 0.247 e. The Hall–Kier alpha value is -1.03. The van der Waals surface area contributed by atoms with Crippen LogP contribution in [0.25, 0.3) is 0 Å². The normalized spacial score (nSPS) is 24.5. The second-order valence-corrected chi connectivity index (χ2v) is 3.02. The zero-order chi connectivity index (χ0) is 7.84. The van der Waals surface area contributed by atoms with Crippen molar-refractivity contribution in [2.75, 3.05) is 6.54 Å². The molecule has 0 radical (unpaired) electrons. The summed E-state index contributed by atoms with van der Waals surface area (Å²) >= 11 is 0. The van der Waals surface area contributed by atoms with Crippen molar-refractivity contribution in [2.45, 2.75) is 18.9 Å². The van der Waals surface area contributed by atoms with Crippen LogP contribution < -0.4 is 11.2 Å². The van der Waals surface area contributed by atoms with Crippen LogP contribution in [0.4, 0.5) is 0 Å². The standard InChI is InChI=1S/C7H11N3O/c8-7(11)5-3-9-10(4-5)6-1-2-6/h3,6,9H,1-2,4H2,(H2,8,11). The monoisotopic (exact) mass is 153 g/mol. The Balaban J connectivity index is 1.93. The van der Waals surface area contributed by atoms with Crippen LogP contribution in [0, 0.1) is 0 Å². The molecule has 0 aromatic rings. The summed E-state index contributed by atoms with van der Waals surface area (Å²) in [4.78, 5) is 10.7. The quantitative estimate of drug-likeness (QED) is 0.553. The molecule has 2 aliphatic rings. The Kier molecular flexibility index (Phi) is 1.35. The molecule has 60 valence electrons. The minimum atomic E-state index is -0.319. The molecular formula is C7H11N3O. The lowest BCUT2D eigenvalue weighted by molar-refractivity contribution is -0.114. The van der Waals surface area contributed by atoms with E-state index in [-0.39, 0.29) is 5.91 Å². The Morgan fingerprint density at radius 3 is 2.91 bits per heavy atom. The van der Waals surface area contributed by atoms with Crippen molar-refractivity contribution >= 4 is 5.91 Å². The highest BCUT2D eigenvalue weighted by Gasteiger charge is 2.32. The third kappa shape index (κ3) is 1.21. The number of carbonyl (C=O) groups is 1. The van der Waals surface area contributed by atoms with Crippen molar-refractivity contribution in [1.82, 2.24) is 10.4 Å². The van der Waals surface area contributed by atoms with Gasteiger partial charge in [0.2, 0.25) is 5.91 Å². The van der Waals surface area contributed by atoms with Gasteiger partial charge in [-0.15, -0.1) is 0 Å². The lowest BCUT2D eigenvalue weighted by Gasteiger charge is -2.13. The van der Waals surface area contributed by atoms with Crippen LogP contribution in [0.1, 0.15) is 12.8 Å². The molecule has 4 heteroatoms. The fourth-order valence-electron chi connectivity index (χ4n) is 1.21. The van der Waals surface area contributed by atoms with Crippen LogP contribution >= 0.6 is 0 Å². The van der Waals surface area contributed by atoms with Crippen LogP contribution in [0.2, 0.25) is 0 Å². The van der Waals surface area contributed by atoms with Gasteiger partial charge in [0.15, 0.2) is 0 Å². The number of rotatable bonds is 2. The van der Waals surface area contributed by atoms with Crippen LogP contribution in [0.15, 0.2) is 11.8 Å². The Morgan fingerprint density at radius 2 is 2.45 bits per heavy atom. The highest BCUT2D eigenvalue weighted by molar-refractivity contribution is 5.92. The maximum absolute atomic E-state index is 10.7. The van der Waals surface area contributed by atoms with E-state index in [9.17, 15) is 4.79 Å². The molecule has 11 heavy (non-hydrogen) atoms. The zero-order valence-electron chi connectivity index (χ0n) is 6.21. The fraction of sp³-hybridized carbons (Fsp3) is 0.571. The van der Waals surface area contributed by atoms with E-state index in [1.165, 1.54) is 12.8 Å². The molecule has 0 unspecified atom stereocenters. The second-order valence-electron chi connectivity index (χ2n) is 3.02. The number of amides is 1. The zero-order valence-corrected chi connectivity index (χ0v) is 6.21. The van der Waals surface area contributed by atoms with E-state index in [4.69, 9.17) is 5.73 Å². The first-order valence-corrected chi connectivity index (χ1v) is 3.79. The highest BCUT2D eigenvalue weighted by Crippen LogP contribution is 2.27. The molecule has 0 aromatic carbocycles. The van der Waals surface area contributed by atoms with Gasteiger partial charge in [-0.05, 0) is 12.8 Å². The molecule has 1 heterocycles. The molecule has 1 aliphatic carbocycles. The summed E-state index contributed by atoms with van der Waals surface area (Å²) in [6.07, 6.45) is 4.15. The molecule has 1 aliphatic heterocycles. The van der Waals surface area contributed by atoms with Gasteiger partial charge in [-0.25, -0.2) is 5.01 Å². The van der Waals surface area contributed by atoms with Crippen molar-refractivity contribution < 1.29 is 4.79 Å². The van der Waals surface area contributed by atoms with Gasteiger partial charge in [0.1, 0.15) is 0 Å². The largest absolute Gasteiger partial charge is 0.366 e. The number of hydrazine groups is 1. The Bertz CT molecular complexity index is 220. The van der Waals surface area contributed by atoms with E-state index in [0.717, 1.165) is 0 Å². The van der Waals surface area contributed by atoms with E-state index in [2.05, 4.69) is 10.4 Å². The molecule has 0 aromatic heterocycles. The molecular weight excluding hydrogens is 142 g/mol. The van der Waals surface area contributed by atoms with E-state index in [1.54, 1.807) is 6.20 Å². The molecule has 2 rings (SSSR count). The van der Waals surface area contributed by atoms with Crippen LogP contribution in [0.3, 0.4) is 0 Å². The van der Waals surface area contributed by atoms with Gasteiger partial charge in [-0.2, -0.15) is 0 Å². The number of primary amides is 1. The predicted molar refractivity (Wildman–Crippen MR) is 40.1 cm³/mol. The third-order valence-electron chi connectivity index (χ3n) is 2.05. The van der Waals surface area contributed by atoms with Crippen LogP contribution in [-0.2, 0) is 4.79 Å². The van der Waals surface area contributed by atoms with Gasteiger partial charge in [-0.1, -0.05) is 0 Å². The van der Waals surface area contributed by atoms with Gasteiger partial charge < -0.3 is 11.2 Å². The number of hydrogen-bond donors (Lipinski definition) is 2. The van der Waals surface area contributed by atoms with Crippen LogP contribution in [-0.4, -0.2) is 23.5 Å². The molecule has 1 amide bonds. The number of hydrogen-bond acceptors (Lipinski definition) is 3. The summed E-state index contributed by atoms with van der Waals surface area (Å²) in [6, 6.07) is 0.628. The van der Waals surface area contributed by atoms with Gasteiger partial charge in [-0.3, -0.25) is 4.79 Å². The molecule has 0 spiro atoms. The van der Waals surface area contributed by atoms with Crippen molar-refractivity contribution in [3.8, 4) is 0 Å². The minimum absolute atomic E-state index is 0.319. The lowest BCUT2D eigenvalue weighted by Crippen LogP contribution is -2.33. The second kappa shape index (κ2) is 2.23. The Labute approximate surface area is 65.0 Å². The molecule has 4 nitrogen and oxygen atoms in total. The molecule has 0 atom stereocenters. The van der Waals surface area contributed by atoms with E-state index in [0.29, 0.717) is 18.2 Å². The first-order valence-electron chi connectivity index (χ1n) is 3.79. The first kappa shape index (κ1) is 6.67. The predicted octanol–water partition coefficient (Wildman–Crippen LogP) is -0.662. The molecule has 1 saturated carbocycles. The van der Waals surface area contributed by atoms with Gasteiger partial charge >= 0.3 is 0 Å². The van der Waals surface area contributed by atoms with Crippen LogP contribution in [0.5, 0.6) is 0 Å². The number of carbonyl (C=O) groups excluding carboxylic acids is 1. The van der Waals surface area contributed by atoms with E-state index in [1.807, 2.05) is 0 Å². The molecule has 3 N–H and O–H groups in total. The fourth-order valence-corrected chi connectivity index (χ4v) is 1.21. The Morgan fingerprint density at radius 1 is 1.73 bits per heavy atom. The number of nitrogens with one attached hydrogen (secondary N) is 1. The molecule has 1 fully saturated rings. The lowest BCUT2D eigenvalue weighted by atomic mass is 10.3. The number of nitrogens with zero attached hydrogens (tertiary/aromatic N) is 1. The summed E-state index contributed by atoms with van der Waals surface area (Å²) in [5.74, 6) is -0.319. The average molecular weight is 153 g/mol. The topological polar surface area (TPSA) is 58.4 Å². The summed E-state index contributed by atoms with van der Waals surface area (Å²) in [6.45, 7) is 0.667. The van der Waals surface area contributed by atoms with Crippen molar-refractivity contribution in [3.05, 3.63) is 11.8 Å². The molecule has 0 saturated heterocycles. The summed E-state index contributed by atoms with van der Waals surface area (Å²) in [5.41, 5.74) is 8.80. The van der Waals surface area contributed by atoms with Crippen molar-refractivity contribution in [3.63, 3.8) is 0 Å². The number of nitrogens with two attached hydrogens (primary N) is 1. The minimum Gasteiger partial charge on any atom is -0.366 e. The summed E-state index contributed by atoms with van der Waals surface area (Å²) < 4.78 is 0. The van der Waals surface area contributed by atoms with Gasteiger partial charge in [0, 0.05) is 17.8 Å². The third-order valence-corrected chi connectivity index (χ3v) is 2.05. The van der Waals surface area contributed by atoms with E-state index < -0.39 is 0 Å². The van der Waals surface area contributed by atoms with Gasteiger partial charge in [0.25, 0.3) is 0 Å². The maximum Gasteiger partial charge on any atom is 0.247 e. The molecule has 0 bridgehead atoms.